The zero-order valence-corrected chi connectivity index (χ0v) is 9.37. The summed E-state index contributed by atoms with van der Waals surface area (Å²) in [6.07, 6.45) is 0. The fourth-order valence-electron chi connectivity index (χ4n) is 1.08. The Bertz CT molecular complexity index is 304. The van der Waals surface area contributed by atoms with Crippen LogP contribution < -0.4 is 5.32 Å². The maximum atomic E-state index is 11.6. The van der Waals surface area contributed by atoms with E-state index in [0.717, 1.165) is 11.8 Å². The molecule has 1 atom stereocenters. The predicted molar refractivity (Wildman–Crippen MR) is 58.0 cm³/mol. The number of carbonyl (C=O) groups excluding carboxylic acids is 2. The van der Waals surface area contributed by atoms with Gasteiger partial charge in [-0.2, -0.15) is 4.99 Å². The molecule has 15 heavy (non-hydrogen) atoms. The molecule has 1 aliphatic heterocycles. The monoisotopic (exact) mass is 231 g/mol. The molecule has 6 nitrogen and oxygen atoms in total. The van der Waals surface area contributed by atoms with E-state index >= 15 is 0 Å². The first kappa shape index (κ1) is 12.2. The highest BCUT2D eigenvalue weighted by Gasteiger charge is 2.23. The van der Waals surface area contributed by atoms with Gasteiger partial charge in [0.2, 0.25) is 5.91 Å². The van der Waals surface area contributed by atoms with Crippen molar-refractivity contribution in [1.29, 1.82) is 0 Å². The Morgan fingerprint density at radius 1 is 1.73 bits per heavy atom. The van der Waals surface area contributed by atoms with Gasteiger partial charge in [-0.1, -0.05) is 11.8 Å². The molecule has 84 valence electrons. The Hall–Kier alpha value is -0.920. The second-order valence-electron chi connectivity index (χ2n) is 3.26. The standard InChI is InChI=1S/C8H13N3O3S/c1-11(2)5(3-12)7(13)9-6-4-15-8(14)10-6/h5,12H,3-4H2,1-2H3,(H,9,10,13,14)/t5-/m0/s1. The van der Waals surface area contributed by atoms with Gasteiger partial charge in [0, 0.05) is 0 Å². The number of carbonyl (C=O) groups is 2. The van der Waals surface area contributed by atoms with E-state index < -0.39 is 6.04 Å². The van der Waals surface area contributed by atoms with Crippen molar-refractivity contribution in [3.05, 3.63) is 0 Å². The molecule has 0 aromatic heterocycles. The van der Waals surface area contributed by atoms with Crippen LogP contribution in [0, 0.1) is 0 Å². The fraction of sp³-hybridized carbons (Fsp3) is 0.625. The highest BCUT2D eigenvalue weighted by Crippen LogP contribution is 2.12. The number of nitrogens with zero attached hydrogens (tertiary/aromatic N) is 2. The minimum Gasteiger partial charge on any atom is -0.394 e. The predicted octanol–water partition coefficient (Wildman–Crippen LogP) is -0.710. The lowest BCUT2D eigenvalue weighted by molar-refractivity contribution is -0.125. The Balaban J connectivity index is 2.54. The number of likely N-dealkylation sites (N-methyl/N-ethyl adjacent to an activating group) is 1. The minimum absolute atomic E-state index is 0.271. The SMILES string of the molecule is CN(C)[C@@H](CO)C(=O)NC1=NC(=O)SC1. The number of thioether (sulfide) groups is 1. The van der Waals surface area contributed by atoms with Crippen LogP contribution in [0.4, 0.5) is 4.79 Å². The lowest BCUT2D eigenvalue weighted by atomic mass is 10.2. The molecule has 0 spiro atoms. The lowest BCUT2D eigenvalue weighted by Crippen LogP contribution is -2.47. The highest BCUT2D eigenvalue weighted by atomic mass is 32.2. The molecule has 1 heterocycles. The Morgan fingerprint density at radius 3 is 2.80 bits per heavy atom. The second kappa shape index (κ2) is 5.24. The quantitative estimate of drug-likeness (QED) is 0.670. The average molecular weight is 231 g/mol. The topological polar surface area (TPSA) is 82.0 Å². The third-order valence-electron chi connectivity index (χ3n) is 1.93. The van der Waals surface area contributed by atoms with E-state index in [4.69, 9.17) is 5.11 Å². The highest BCUT2D eigenvalue weighted by molar-refractivity contribution is 8.14. The Kier molecular flexibility index (Phi) is 4.25. The molecule has 0 unspecified atom stereocenters. The summed E-state index contributed by atoms with van der Waals surface area (Å²) < 4.78 is 0. The summed E-state index contributed by atoms with van der Waals surface area (Å²) >= 11 is 1.04. The van der Waals surface area contributed by atoms with Gasteiger partial charge in [-0.25, -0.2) is 0 Å². The van der Waals surface area contributed by atoms with Crippen LogP contribution in [0.2, 0.25) is 0 Å². The van der Waals surface area contributed by atoms with E-state index in [2.05, 4.69) is 10.3 Å². The van der Waals surface area contributed by atoms with Gasteiger partial charge in [-0.05, 0) is 14.1 Å². The van der Waals surface area contributed by atoms with Crippen molar-refractivity contribution in [2.24, 2.45) is 4.99 Å². The zero-order valence-electron chi connectivity index (χ0n) is 8.56. The van der Waals surface area contributed by atoms with E-state index in [9.17, 15) is 9.59 Å². The minimum atomic E-state index is -0.617. The number of amides is 2. The van der Waals surface area contributed by atoms with Crippen LogP contribution in [0.5, 0.6) is 0 Å². The average Bonchev–Trinajstić information content (AvgIpc) is 2.51. The van der Waals surface area contributed by atoms with Crippen molar-refractivity contribution in [3.8, 4) is 0 Å². The van der Waals surface area contributed by atoms with E-state index in [1.807, 2.05) is 0 Å². The van der Waals surface area contributed by atoms with Gasteiger partial charge in [-0.15, -0.1) is 0 Å². The number of rotatable bonds is 3. The molecule has 0 aromatic rings. The molecule has 7 heteroatoms. The third-order valence-corrected chi connectivity index (χ3v) is 2.68. The van der Waals surface area contributed by atoms with Gasteiger partial charge in [0.05, 0.1) is 12.4 Å². The summed E-state index contributed by atoms with van der Waals surface area (Å²) in [4.78, 5) is 27.5. The molecular weight excluding hydrogens is 218 g/mol. The van der Waals surface area contributed by atoms with E-state index in [1.54, 1.807) is 19.0 Å². The molecule has 0 bridgehead atoms. The van der Waals surface area contributed by atoms with Gasteiger partial charge in [-0.3, -0.25) is 14.5 Å². The van der Waals surface area contributed by atoms with Crippen molar-refractivity contribution in [1.82, 2.24) is 10.2 Å². The van der Waals surface area contributed by atoms with Crippen molar-refractivity contribution < 1.29 is 14.7 Å². The van der Waals surface area contributed by atoms with E-state index in [0.29, 0.717) is 11.6 Å². The zero-order chi connectivity index (χ0) is 11.4. The maximum Gasteiger partial charge on any atom is 0.306 e. The maximum absolute atomic E-state index is 11.6. The number of nitrogens with one attached hydrogen (secondary N) is 1. The first-order valence-corrected chi connectivity index (χ1v) is 5.35. The molecule has 1 rings (SSSR count). The van der Waals surface area contributed by atoms with Crippen LogP contribution in [0.1, 0.15) is 0 Å². The number of aliphatic hydroxyl groups is 1. The molecule has 2 amide bonds. The van der Waals surface area contributed by atoms with E-state index in [-0.39, 0.29) is 17.8 Å². The molecule has 0 saturated heterocycles. The second-order valence-corrected chi connectivity index (χ2v) is 4.19. The number of hydrogen-bond donors (Lipinski definition) is 2. The first-order chi connectivity index (χ1) is 7.04. The van der Waals surface area contributed by atoms with E-state index in [1.165, 1.54) is 0 Å². The van der Waals surface area contributed by atoms with Gasteiger partial charge in [0.25, 0.3) is 0 Å². The number of aliphatic imine (C=N–C) groups is 1. The summed E-state index contributed by atoms with van der Waals surface area (Å²) in [6.45, 7) is -0.271. The first-order valence-electron chi connectivity index (χ1n) is 4.37. The van der Waals surface area contributed by atoms with Crippen molar-refractivity contribution in [3.63, 3.8) is 0 Å². The number of hydrogen-bond acceptors (Lipinski definition) is 5. The third kappa shape index (κ3) is 3.29. The number of aliphatic hydroxyl groups excluding tert-OH is 1. The molecule has 0 saturated carbocycles. The smallest absolute Gasteiger partial charge is 0.306 e. The molecule has 0 radical (unpaired) electrons. The summed E-state index contributed by atoms with van der Waals surface area (Å²) in [5.74, 6) is 0.391. The van der Waals surface area contributed by atoms with Crippen molar-refractivity contribution in [2.75, 3.05) is 26.5 Å². The van der Waals surface area contributed by atoms with Gasteiger partial charge in [0.15, 0.2) is 0 Å². The summed E-state index contributed by atoms with van der Waals surface area (Å²) in [5.41, 5.74) is 0. The van der Waals surface area contributed by atoms with Gasteiger partial charge < -0.3 is 10.4 Å². The summed E-state index contributed by atoms with van der Waals surface area (Å²) in [5, 5.41) is 11.2. The van der Waals surface area contributed by atoms with Gasteiger partial charge >= 0.3 is 5.24 Å². The molecule has 0 aromatic carbocycles. The van der Waals surface area contributed by atoms with Crippen LogP contribution in [-0.4, -0.2) is 59.5 Å². The molecule has 0 fully saturated rings. The normalized spacial score (nSPS) is 17.9. The summed E-state index contributed by atoms with van der Waals surface area (Å²) in [6, 6.07) is -0.617. The Labute approximate surface area is 91.7 Å². The molecule has 2 N–H and O–H groups in total. The van der Waals surface area contributed by atoms with Crippen LogP contribution in [0.15, 0.2) is 4.99 Å². The van der Waals surface area contributed by atoms with Gasteiger partial charge in [0.1, 0.15) is 11.9 Å². The lowest BCUT2D eigenvalue weighted by Gasteiger charge is -2.20. The molecule has 0 aliphatic carbocycles. The van der Waals surface area contributed by atoms with Crippen LogP contribution >= 0.6 is 11.8 Å². The molecular formula is C8H13N3O3S. The largest absolute Gasteiger partial charge is 0.394 e. The van der Waals surface area contributed by atoms with Crippen molar-refractivity contribution in [2.45, 2.75) is 6.04 Å². The summed E-state index contributed by atoms with van der Waals surface area (Å²) in [7, 11) is 3.38. The fourth-order valence-corrected chi connectivity index (χ4v) is 1.65. The Morgan fingerprint density at radius 2 is 2.40 bits per heavy atom. The van der Waals surface area contributed by atoms with Crippen LogP contribution in [-0.2, 0) is 4.79 Å². The number of amidine groups is 1. The van der Waals surface area contributed by atoms with Crippen molar-refractivity contribution >= 4 is 28.7 Å². The molecule has 1 aliphatic rings. The van der Waals surface area contributed by atoms with Crippen LogP contribution in [0.25, 0.3) is 0 Å². The van der Waals surface area contributed by atoms with Crippen LogP contribution in [0.3, 0.4) is 0 Å².